The monoisotopic (exact) mass is 490 g/mol. The Bertz CT molecular complexity index is 1490. The Morgan fingerprint density at radius 2 is 1.74 bits per heavy atom. The summed E-state index contributed by atoms with van der Waals surface area (Å²) >= 11 is 0. The van der Waals surface area contributed by atoms with E-state index in [-0.39, 0.29) is 10.7 Å². The number of hydrogen-bond donors (Lipinski definition) is 2. The van der Waals surface area contributed by atoms with Crippen LogP contribution in [0.1, 0.15) is 46.1 Å². The van der Waals surface area contributed by atoms with Crippen LogP contribution in [0, 0.1) is 13.8 Å². The van der Waals surface area contributed by atoms with Gasteiger partial charge in [0, 0.05) is 39.7 Å². The molecule has 7 nitrogen and oxygen atoms in total. The Balaban J connectivity index is 1.27. The van der Waals surface area contributed by atoms with Crippen molar-refractivity contribution in [1.29, 1.82) is 0 Å². The molecule has 1 fully saturated rings. The summed E-state index contributed by atoms with van der Waals surface area (Å²) in [6.07, 6.45) is 4.20. The Kier molecular flexibility index (Phi) is 6.13. The quantitative estimate of drug-likeness (QED) is 0.394. The van der Waals surface area contributed by atoms with Crippen LogP contribution >= 0.6 is 0 Å². The molecule has 8 heteroatoms. The number of hydrogen-bond acceptors (Lipinski definition) is 4. The van der Waals surface area contributed by atoms with Gasteiger partial charge in [-0.1, -0.05) is 18.2 Å². The van der Waals surface area contributed by atoms with Crippen LogP contribution in [0.25, 0.3) is 16.6 Å². The standard InChI is InChI=1S/C27H30N4O3S/c1-18-15-24(19(2)31(18)21-7-9-22(10-8-21)35(28,33)34)27(32)17-30-13-11-20(12-14-30)25-16-29-26-6-4-3-5-23(25)26/h3-10,15-16,20,29H,11-14,17H2,1-2H3,(H2,28,33,34). The van der Waals surface area contributed by atoms with Gasteiger partial charge >= 0.3 is 0 Å². The topological polar surface area (TPSA) is 101 Å². The Morgan fingerprint density at radius 1 is 1.06 bits per heavy atom. The highest BCUT2D eigenvalue weighted by Crippen LogP contribution is 2.33. The number of carbonyl (C=O) groups is 1. The van der Waals surface area contributed by atoms with Crippen molar-refractivity contribution in [1.82, 2.24) is 14.5 Å². The van der Waals surface area contributed by atoms with E-state index < -0.39 is 10.0 Å². The van der Waals surface area contributed by atoms with Gasteiger partial charge in [0.05, 0.1) is 11.4 Å². The molecular weight excluding hydrogens is 460 g/mol. The van der Waals surface area contributed by atoms with E-state index in [1.807, 2.05) is 30.5 Å². The molecule has 0 saturated carbocycles. The fourth-order valence-corrected chi connectivity index (χ4v) is 5.86. The molecule has 0 aliphatic carbocycles. The number of aromatic amines is 1. The number of sulfonamides is 1. The van der Waals surface area contributed by atoms with E-state index in [2.05, 4.69) is 34.3 Å². The lowest BCUT2D eigenvalue weighted by molar-refractivity contribution is 0.0909. The molecule has 0 radical (unpaired) electrons. The molecule has 5 rings (SSSR count). The minimum atomic E-state index is -3.75. The number of aryl methyl sites for hydroxylation is 1. The first-order valence-corrected chi connectivity index (χ1v) is 13.4. The number of nitrogens with zero attached hydrogens (tertiary/aromatic N) is 2. The molecular formula is C27H30N4O3S. The molecule has 1 aliphatic rings. The third-order valence-electron chi connectivity index (χ3n) is 7.17. The predicted octanol–water partition coefficient (Wildman–Crippen LogP) is 4.29. The lowest BCUT2D eigenvalue weighted by Crippen LogP contribution is -2.36. The second kappa shape index (κ2) is 9.11. The number of piperidine rings is 1. The summed E-state index contributed by atoms with van der Waals surface area (Å²) in [5.41, 5.74) is 5.83. The number of likely N-dealkylation sites (tertiary alicyclic amines) is 1. The highest BCUT2D eigenvalue weighted by atomic mass is 32.2. The molecule has 3 heterocycles. The maximum Gasteiger partial charge on any atom is 0.238 e. The number of para-hydroxylation sites is 1. The summed E-state index contributed by atoms with van der Waals surface area (Å²) in [7, 11) is -3.75. The van der Waals surface area contributed by atoms with E-state index in [0.29, 0.717) is 18.0 Å². The first-order chi connectivity index (χ1) is 16.7. The van der Waals surface area contributed by atoms with Crippen LogP contribution in [0.15, 0.2) is 65.7 Å². The summed E-state index contributed by atoms with van der Waals surface area (Å²) in [5, 5.41) is 6.51. The van der Waals surface area contributed by atoms with E-state index in [1.165, 1.54) is 28.6 Å². The highest BCUT2D eigenvalue weighted by Gasteiger charge is 2.25. The zero-order valence-electron chi connectivity index (χ0n) is 20.0. The van der Waals surface area contributed by atoms with Crippen LogP contribution in [-0.2, 0) is 10.0 Å². The van der Waals surface area contributed by atoms with Crippen molar-refractivity contribution in [3.63, 3.8) is 0 Å². The van der Waals surface area contributed by atoms with Crippen molar-refractivity contribution in [2.45, 2.75) is 37.5 Å². The summed E-state index contributed by atoms with van der Waals surface area (Å²) < 4.78 is 25.1. The van der Waals surface area contributed by atoms with Crippen molar-refractivity contribution in [2.24, 2.45) is 5.14 Å². The first kappa shape index (κ1) is 23.5. The number of Topliss-reactive ketones (excluding diaryl/α,β-unsaturated/α-hetero) is 1. The van der Waals surface area contributed by atoms with Crippen molar-refractivity contribution in [2.75, 3.05) is 19.6 Å². The van der Waals surface area contributed by atoms with Gasteiger partial charge in [-0.3, -0.25) is 9.69 Å². The maximum atomic E-state index is 13.2. The molecule has 0 spiro atoms. The second-order valence-electron chi connectivity index (χ2n) is 9.42. The lowest BCUT2D eigenvalue weighted by atomic mass is 9.89. The molecule has 0 bridgehead atoms. The second-order valence-corrected chi connectivity index (χ2v) is 11.0. The molecule has 2 aromatic carbocycles. The largest absolute Gasteiger partial charge is 0.361 e. The number of ketones is 1. The van der Waals surface area contributed by atoms with Gasteiger partial charge in [-0.05, 0) is 87.7 Å². The summed E-state index contributed by atoms with van der Waals surface area (Å²) in [5.74, 6) is 0.610. The molecule has 4 aromatic rings. The van der Waals surface area contributed by atoms with Crippen molar-refractivity contribution in [3.05, 3.63) is 83.3 Å². The zero-order chi connectivity index (χ0) is 24.7. The van der Waals surface area contributed by atoms with Crippen molar-refractivity contribution >= 4 is 26.7 Å². The lowest BCUT2D eigenvalue weighted by Gasteiger charge is -2.31. The van der Waals surface area contributed by atoms with Gasteiger partial charge in [0.25, 0.3) is 0 Å². The molecule has 0 unspecified atom stereocenters. The fraction of sp³-hybridized carbons (Fsp3) is 0.296. The number of benzene rings is 2. The number of aromatic nitrogens is 2. The smallest absolute Gasteiger partial charge is 0.238 e. The van der Waals surface area contributed by atoms with E-state index in [1.54, 1.807) is 12.1 Å². The number of fused-ring (bicyclic) bond motifs is 1. The molecule has 182 valence electrons. The van der Waals surface area contributed by atoms with E-state index in [0.717, 1.165) is 43.0 Å². The summed E-state index contributed by atoms with van der Waals surface area (Å²) in [6, 6.07) is 16.7. The van der Waals surface area contributed by atoms with Crippen LogP contribution in [0.3, 0.4) is 0 Å². The molecule has 35 heavy (non-hydrogen) atoms. The molecule has 1 saturated heterocycles. The molecule has 0 amide bonds. The number of carbonyl (C=O) groups excluding carboxylic acids is 1. The number of primary sulfonamides is 1. The number of nitrogens with two attached hydrogens (primary N) is 1. The average Bonchev–Trinajstić information content (AvgIpc) is 3.39. The summed E-state index contributed by atoms with van der Waals surface area (Å²) in [6.45, 7) is 6.06. The van der Waals surface area contributed by atoms with E-state index in [9.17, 15) is 13.2 Å². The van der Waals surface area contributed by atoms with Crippen LogP contribution in [0.2, 0.25) is 0 Å². The predicted molar refractivity (Wildman–Crippen MR) is 138 cm³/mol. The SMILES string of the molecule is Cc1cc(C(=O)CN2CCC(c3c[nH]c4ccccc34)CC2)c(C)n1-c1ccc(S(N)(=O)=O)cc1. The number of nitrogens with one attached hydrogen (secondary N) is 1. The van der Waals surface area contributed by atoms with E-state index >= 15 is 0 Å². The van der Waals surface area contributed by atoms with Crippen molar-refractivity contribution in [3.8, 4) is 5.69 Å². The van der Waals surface area contributed by atoms with Crippen LogP contribution < -0.4 is 5.14 Å². The average molecular weight is 491 g/mol. The van der Waals surface area contributed by atoms with Gasteiger partial charge in [0.15, 0.2) is 5.78 Å². The third kappa shape index (κ3) is 4.57. The van der Waals surface area contributed by atoms with Gasteiger partial charge in [0.2, 0.25) is 10.0 Å². The maximum absolute atomic E-state index is 13.2. The Morgan fingerprint density at radius 3 is 2.43 bits per heavy atom. The number of H-pyrrole nitrogens is 1. The van der Waals surface area contributed by atoms with Crippen LogP contribution in [0.4, 0.5) is 0 Å². The third-order valence-corrected chi connectivity index (χ3v) is 8.10. The Labute approximate surface area is 205 Å². The first-order valence-electron chi connectivity index (χ1n) is 11.9. The summed E-state index contributed by atoms with van der Waals surface area (Å²) in [4.78, 5) is 18.9. The van der Waals surface area contributed by atoms with Gasteiger partial charge < -0.3 is 9.55 Å². The molecule has 0 atom stereocenters. The van der Waals surface area contributed by atoms with Gasteiger partial charge in [-0.15, -0.1) is 0 Å². The highest BCUT2D eigenvalue weighted by molar-refractivity contribution is 7.89. The molecule has 2 aromatic heterocycles. The van der Waals surface area contributed by atoms with Gasteiger partial charge in [-0.25, -0.2) is 13.6 Å². The zero-order valence-corrected chi connectivity index (χ0v) is 20.8. The van der Waals surface area contributed by atoms with Gasteiger partial charge in [-0.2, -0.15) is 0 Å². The minimum Gasteiger partial charge on any atom is -0.361 e. The number of rotatable bonds is 6. The van der Waals surface area contributed by atoms with Gasteiger partial charge in [0.1, 0.15) is 0 Å². The Hall–Kier alpha value is -3.20. The minimum absolute atomic E-state index is 0.0658. The van der Waals surface area contributed by atoms with E-state index in [4.69, 9.17) is 5.14 Å². The fourth-order valence-electron chi connectivity index (χ4n) is 5.35. The van der Waals surface area contributed by atoms with Crippen LogP contribution in [0.5, 0.6) is 0 Å². The molecule has 1 aliphatic heterocycles. The van der Waals surface area contributed by atoms with Crippen LogP contribution in [-0.4, -0.2) is 48.3 Å². The normalized spacial score (nSPS) is 15.6. The van der Waals surface area contributed by atoms with Crippen molar-refractivity contribution < 1.29 is 13.2 Å². The molecule has 3 N–H and O–H groups in total.